The van der Waals surface area contributed by atoms with Crippen molar-refractivity contribution >= 4 is 33.0 Å². The summed E-state index contributed by atoms with van der Waals surface area (Å²) < 4.78 is 14.6. The van der Waals surface area contributed by atoms with Crippen molar-refractivity contribution in [1.82, 2.24) is 4.90 Å². The van der Waals surface area contributed by atoms with Crippen LogP contribution >= 0.6 is 11.3 Å². The van der Waals surface area contributed by atoms with E-state index in [1.54, 1.807) is 12.1 Å². The SMILES string of the molecule is Nc1c(C(=O)N2CCCCCC2)sc2cccc(F)c12. The lowest BCUT2D eigenvalue weighted by molar-refractivity contribution is 0.0767. The molecule has 2 N–H and O–H groups in total. The first-order chi connectivity index (χ1) is 9.68. The molecule has 1 saturated heterocycles. The monoisotopic (exact) mass is 292 g/mol. The summed E-state index contributed by atoms with van der Waals surface area (Å²) in [6.07, 6.45) is 4.40. The molecule has 2 aromatic rings. The van der Waals surface area contributed by atoms with Crippen molar-refractivity contribution in [3.8, 4) is 0 Å². The molecule has 3 nitrogen and oxygen atoms in total. The molecule has 1 amide bonds. The highest BCUT2D eigenvalue weighted by atomic mass is 32.1. The number of nitrogen functional groups attached to an aromatic ring is 1. The van der Waals surface area contributed by atoms with Crippen molar-refractivity contribution in [2.24, 2.45) is 0 Å². The smallest absolute Gasteiger partial charge is 0.266 e. The first-order valence-electron chi connectivity index (χ1n) is 6.94. The van der Waals surface area contributed by atoms with Crippen LogP contribution < -0.4 is 5.73 Å². The third-order valence-corrected chi connectivity index (χ3v) is 4.95. The molecule has 0 spiro atoms. The van der Waals surface area contributed by atoms with Gasteiger partial charge in [0.05, 0.1) is 11.1 Å². The zero-order chi connectivity index (χ0) is 14.1. The Hall–Kier alpha value is -1.62. The van der Waals surface area contributed by atoms with Crippen molar-refractivity contribution in [2.45, 2.75) is 25.7 Å². The maximum Gasteiger partial charge on any atom is 0.266 e. The van der Waals surface area contributed by atoms with Gasteiger partial charge in [-0.1, -0.05) is 18.9 Å². The molecule has 1 aliphatic heterocycles. The summed E-state index contributed by atoms with van der Waals surface area (Å²) in [6.45, 7) is 1.55. The lowest BCUT2D eigenvalue weighted by atomic mass is 10.2. The number of hydrogen-bond donors (Lipinski definition) is 1. The number of carbonyl (C=O) groups is 1. The van der Waals surface area contributed by atoms with Crippen molar-refractivity contribution in [3.05, 3.63) is 28.9 Å². The van der Waals surface area contributed by atoms with Crippen LogP contribution in [0.3, 0.4) is 0 Å². The van der Waals surface area contributed by atoms with Crippen LogP contribution in [0.15, 0.2) is 18.2 Å². The van der Waals surface area contributed by atoms with Gasteiger partial charge in [-0.15, -0.1) is 11.3 Å². The minimum absolute atomic E-state index is 0.0509. The molecule has 5 heteroatoms. The number of thiophene rings is 1. The van der Waals surface area contributed by atoms with E-state index in [2.05, 4.69) is 0 Å². The highest BCUT2D eigenvalue weighted by molar-refractivity contribution is 7.21. The van der Waals surface area contributed by atoms with Crippen LogP contribution in [0.5, 0.6) is 0 Å². The average Bonchev–Trinajstić information content (AvgIpc) is 2.65. The fourth-order valence-electron chi connectivity index (χ4n) is 2.71. The van der Waals surface area contributed by atoms with Crippen molar-refractivity contribution in [3.63, 3.8) is 0 Å². The van der Waals surface area contributed by atoms with Gasteiger partial charge in [-0.2, -0.15) is 0 Å². The van der Waals surface area contributed by atoms with Crippen LogP contribution in [0.25, 0.3) is 10.1 Å². The summed E-state index contributed by atoms with van der Waals surface area (Å²) >= 11 is 1.29. The number of nitrogens with zero attached hydrogens (tertiary/aromatic N) is 1. The molecule has 0 unspecified atom stereocenters. The summed E-state index contributed by atoms with van der Waals surface area (Å²) in [5.41, 5.74) is 6.30. The van der Waals surface area contributed by atoms with E-state index in [4.69, 9.17) is 5.73 Å². The Bertz CT molecular complexity index is 645. The number of hydrogen-bond acceptors (Lipinski definition) is 3. The summed E-state index contributed by atoms with van der Waals surface area (Å²) in [5.74, 6) is -0.406. The van der Waals surface area contributed by atoms with Gasteiger partial charge in [0, 0.05) is 17.8 Å². The number of halogens is 1. The van der Waals surface area contributed by atoms with Crippen LogP contribution in [0, 0.1) is 5.82 Å². The largest absolute Gasteiger partial charge is 0.397 e. The molecule has 0 atom stereocenters. The number of benzene rings is 1. The number of fused-ring (bicyclic) bond motifs is 1. The van der Waals surface area contributed by atoms with Gasteiger partial charge in [-0.05, 0) is 25.0 Å². The van der Waals surface area contributed by atoms with Crippen molar-refractivity contribution in [1.29, 1.82) is 0 Å². The maximum absolute atomic E-state index is 13.8. The molecule has 0 saturated carbocycles. The zero-order valence-corrected chi connectivity index (χ0v) is 12.0. The van der Waals surface area contributed by atoms with E-state index in [1.165, 1.54) is 30.2 Å². The number of carbonyl (C=O) groups excluding carboxylic acids is 1. The third kappa shape index (κ3) is 2.26. The number of anilines is 1. The van der Waals surface area contributed by atoms with Gasteiger partial charge in [0.1, 0.15) is 10.7 Å². The Morgan fingerprint density at radius 2 is 1.90 bits per heavy atom. The molecule has 1 aliphatic rings. The van der Waals surface area contributed by atoms with Crippen molar-refractivity contribution < 1.29 is 9.18 Å². The van der Waals surface area contributed by atoms with Gasteiger partial charge in [0.2, 0.25) is 0 Å². The highest BCUT2D eigenvalue weighted by Gasteiger charge is 2.23. The molecule has 1 aromatic heterocycles. The van der Waals surface area contributed by atoms with Crippen molar-refractivity contribution in [2.75, 3.05) is 18.8 Å². The minimum atomic E-state index is -0.355. The Morgan fingerprint density at radius 3 is 2.55 bits per heavy atom. The Labute approximate surface area is 121 Å². The fraction of sp³-hybridized carbons (Fsp3) is 0.400. The summed E-state index contributed by atoms with van der Waals surface area (Å²) in [7, 11) is 0. The Balaban J connectivity index is 1.99. The lowest BCUT2D eigenvalue weighted by Gasteiger charge is -2.19. The maximum atomic E-state index is 13.8. The average molecular weight is 292 g/mol. The third-order valence-electron chi connectivity index (χ3n) is 3.79. The lowest BCUT2D eigenvalue weighted by Crippen LogP contribution is -2.31. The summed E-state index contributed by atoms with van der Waals surface area (Å²) in [6, 6.07) is 4.83. The van der Waals surface area contributed by atoms with E-state index in [9.17, 15) is 9.18 Å². The Morgan fingerprint density at radius 1 is 1.20 bits per heavy atom. The fourth-order valence-corrected chi connectivity index (χ4v) is 3.81. The first kappa shape index (κ1) is 13.4. The van der Waals surface area contributed by atoms with E-state index in [0.29, 0.717) is 10.3 Å². The minimum Gasteiger partial charge on any atom is -0.397 e. The molecule has 3 rings (SSSR count). The highest BCUT2D eigenvalue weighted by Crippen LogP contribution is 2.36. The molecule has 0 bridgehead atoms. The molecule has 1 fully saturated rings. The molecular formula is C15H17FN2OS. The number of rotatable bonds is 1. The van der Waals surface area contributed by atoms with Crippen LogP contribution in [0.4, 0.5) is 10.1 Å². The van der Waals surface area contributed by atoms with Gasteiger partial charge in [0.25, 0.3) is 5.91 Å². The van der Waals surface area contributed by atoms with Crippen LogP contribution in [-0.2, 0) is 0 Å². The topological polar surface area (TPSA) is 46.3 Å². The molecule has 0 radical (unpaired) electrons. The van der Waals surface area contributed by atoms with E-state index >= 15 is 0 Å². The number of amides is 1. The quantitative estimate of drug-likeness (QED) is 0.872. The van der Waals surface area contributed by atoms with Crippen LogP contribution in [0.1, 0.15) is 35.4 Å². The summed E-state index contributed by atoms with van der Waals surface area (Å²) in [5, 5.41) is 0.385. The van der Waals surface area contributed by atoms with E-state index < -0.39 is 0 Å². The molecular weight excluding hydrogens is 275 g/mol. The summed E-state index contributed by atoms with van der Waals surface area (Å²) in [4.78, 5) is 14.9. The van der Waals surface area contributed by atoms with Gasteiger partial charge in [-0.3, -0.25) is 4.79 Å². The van der Waals surface area contributed by atoms with Gasteiger partial charge < -0.3 is 10.6 Å². The second kappa shape index (κ2) is 5.40. The Kier molecular flexibility index (Phi) is 3.61. The standard InChI is InChI=1S/C15H17FN2OS/c16-10-6-5-7-11-12(10)13(17)14(20-11)15(19)18-8-3-1-2-4-9-18/h5-7H,1-4,8-9,17H2. The number of nitrogens with two attached hydrogens (primary N) is 1. The molecule has 2 heterocycles. The normalized spacial score (nSPS) is 16.4. The predicted octanol–water partition coefficient (Wildman–Crippen LogP) is 3.64. The van der Waals surface area contributed by atoms with E-state index in [1.807, 2.05) is 4.90 Å². The predicted molar refractivity (Wildman–Crippen MR) is 80.6 cm³/mol. The second-order valence-electron chi connectivity index (χ2n) is 5.16. The second-order valence-corrected chi connectivity index (χ2v) is 6.22. The van der Waals surface area contributed by atoms with Crippen LogP contribution in [-0.4, -0.2) is 23.9 Å². The first-order valence-corrected chi connectivity index (χ1v) is 7.76. The zero-order valence-electron chi connectivity index (χ0n) is 11.2. The molecule has 1 aromatic carbocycles. The molecule has 20 heavy (non-hydrogen) atoms. The van der Waals surface area contributed by atoms with Gasteiger partial charge in [-0.25, -0.2) is 4.39 Å². The molecule has 0 aliphatic carbocycles. The van der Waals surface area contributed by atoms with E-state index in [0.717, 1.165) is 30.6 Å². The van der Waals surface area contributed by atoms with Crippen LogP contribution in [0.2, 0.25) is 0 Å². The van der Waals surface area contributed by atoms with E-state index in [-0.39, 0.29) is 17.4 Å². The molecule has 106 valence electrons. The van der Waals surface area contributed by atoms with Gasteiger partial charge >= 0.3 is 0 Å². The number of likely N-dealkylation sites (tertiary alicyclic amines) is 1. The van der Waals surface area contributed by atoms with Gasteiger partial charge in [0.15, 0.2) is 0 Å².